The lowest BCUT2D eigenvalue weighted by atomic mass is 9.94. The third kappa shape index (κ3) is 6.85. The number of hydrogen-bond acceptors (Lipinski definition) is 8. The van der Waals surface area contributed by atoms with E-state index >= 15 is 0 Å². The van der Waals surface area contributed by atoms with Crippen molar-refractivity contribution in [3.63, 3.8) is 0 Å². The molecule has 11 nitrogen and oxygen atoms in total. The van der Waals surface area contributed by atoms with Crippen LogP contribution in [0.3, 0.4) is 0 Å². The quantitative estimate of drug-likeness (QED) is 0.239. The molecule has 0 aliphatic carbocycles. The topological polar surface area (TPSA) is 122 Å². The summed E-state index contributed by atoms with van der Waals surface area (Å²) in [7, 11) is 2.12. The van der Waals surface area contributed by atoms with Crippen LogP contribution in [0.5, 0.6) is 5.75 Å². The highest BCUT2D eigenvalue weighted by molar-refractivity contribution is 6.08. The first-order chi connectivity index (χ1) is 22.2. The van der Waals surface area contributed by atoms with Gasteiger partial charge in [-0.25, -0.2) is 4.79 Å². The van der Waals surface area contributed by atoms with Crippen LogP contribution in [-0.2, 0) is 12.1 Å². The van der Waals surface area contributed by atoms with Crippen LogP contribution in [0.1, 0.15) is 45.9 Å². The number of fused-ring (bicyclic) bond motifs is 1. The Morgan fingerprint density at radius 1 is 0.870 bits per heavy atom. The van der Waals surface area contributed by atoms with Crippen LogP contribution < -0.4 is 15.4 Å². The molecule has 0 saturated carbocycles. The van der Waals surface area contributed by atoms with Crippen LogP contribution in [0, 0.1) is 0 Å². The second-order valence-corrected chi connectivity index (χ2v) is 11.9. The van der Waals surface area contributed by atoms with Gasteiger partial charge in [0.25, 0.3) is 11.8 Å². The third-order valence-electron chi connectivity index (χ3n) is 8.07. The molecule has 2 aromatic heterocycles. The zero-order chi connectivity index (χ0) is 32.3. The molecule has 1 aliphatic rings. The Kier molecular flexibility index (Phi) is 8.69. The van der Waals surface area contributed by atoms with Gasteiger partial charge in [0.2, 0.25) is 0 Å². The molecule has 0 radical (unpaired) electrons. The van der Waals surface area contributed by atoms with E-state index in [1.54, 1.807) is 42.5 Å². The number of benzene rings is 3. The van der Waals surface area contributed by atoms with Crippen molar-refractivity contribution >= 4 is 34.8 Å². The molecule has 46 heavy (non-hydrogen) atoms. The Morgan fingerprint density at radius 2 is 1.52 bits per heavy atom. The fourth-order valence-electron chi connectivity index (χ4n) is 5.35. The molecule has 5 aromatic rings. The molecule has 11 heteroatoms. The molecule has 0 unspecified atom stereocenters. The van der Waals surface area contributed by atoms with E-state index in [0.717, 1.165) is 48.5 Å². The van der Waals surface area contributed by atoms with Crippen LogP contribution in [-0.4, -0.2) is 70.7 Å². The van der Waals surface area contributed by atoms with Gasteiger partial charge in [0.15, 0.2) is 17.2 Å². The largest absolute Gasteiger partial charge is 0.445 e. The van der Waals surface area contributed by atoms with Crippen LogP contribution >= 0.6 is 0 Å². The van der Waals surface area contributed by atoms with Gasteiger partial charge >= 0.3 is 6.09 Å². The third-order valence-corrected chi connectivity index (χ3v) is 8.07. The first-order valence-corrected chi connectivity index (χ1v) is 15.2. The smallest absolute Gasteiger partial charge is 0.440 e. The number of para-hydroxylation sites is 1. The Hall–Kier alpha value is -5.26. The molecule has 2 N–H and O–H groups in total. The van der Waals surface area contributed by atoms with Gasteiger partial charge in [-0.15, -0.1) is 5.10 Å². The fourth-order valence-corrected chi connectivity index (χ4v) is 5.35. The van der Waals surface area contributed by atoms with E-state index in [-0.39, 0.29) is 22.7 Å². The highest BCUT2D eigenvalue weighted by Gasteiger charge is 2.29. The highest BCUT2D eigenvalue weighted by Crippen LogP contribution is 2.29. The molecule has 0 atom stereocenters. The van der Waals surface area contributed by atoms with E-state index in [9.17, 15) is 14.4 Å². The van der Waals surface area contributed by atoms with E-state index < -0.39 is 23.4 Å². The lowest BCUT2D eigenvalue weighted by molar-refractivity contribution is 0.0885. The Labute approximate surface area is 266 Å². The molecule has 3 heterocycles. The average molecular weight is 621 g/mol. The van der Waals surface area contributed by atoms with E-state index in [4.69, 9.17) is 9.15 Å². The first kappa shape index (κ1) is 30.8. The number of anilines is 1. The first-order valence-electron chi connectivity index (χ1n) is 15.2. The maximum Gasteiger partial charge on any atom is 0.440 e. The molecule has 2 amide bonds. The number of nitrogens with zero attached hydrogens (tertiary/aromatic N) is 4. The van der Waals surface area contributed by atoms with Gasteiger partial charge in [-0.2, -0.15) is 4.68 Å². The van der Waals surface area contributed by atoms with Crippen LogP contribution in [0.15, 0.2) is 95.4 Å². The molecule has 1 fully saturated rings. The molecule has 6 rings (SSSR count). The maximum atomic E-state index is 13.4. The summed E-state index contributed by atoms with van der Waals surface area (Å²) in [6, 6.07) is 26.9. The van der Waals surface area contributed by atoms with Crippen molar-refractivity contribution in [2.24, 2.45) is 0 Å². The van der Waals surface area contributed by atoms with Gasteiger partial charge in [0.1, 0.15) is 11.3 Å². The summed E-state index contributed by atoms with van der Waals surface area (Å²) in [5, 5.41) is 10.0. The number of ether oxygens (including phenoxy) is 1. The molecule has 0 spiro atoms. The molecular formula is C35H36N6O5. The average Bonchev–Trinajstić information content (AvgIpc) is 3.64. The van der Waals surface area contributed by atoms with Gasteiger partial charge in [0, 0.05) is 44.4 Å². The summed E-state index contributed by atoms with van der Waals surface area (Å²) in [5.74, 6) is -0.707. The Morgan fingerprint density at radius 3 is 2.20 bits per heavy atom. The Bertz CT molecular complexity index is 1840. The van der Waals surface area contributed by atoms with Gasteiger partial charge in [-0.1, -0.05) is 60.7 Å². The predicted octanol–water partition coefficient (Wildman–Crippen LogP) is 5.34. The number of furan rings is 1. The number of amides is 2. The number of carbonyl (C=O) groups is 3. The van der Waals surface area contributed by atoms with Gasteiger partial charge in [0.05, 0.1) is 5.54 Å². The predicted molar refractivity (Wildman–Crippen MR) is 174 cm³/mol. The minimum absolute atomic E-state index is 0.0205. The van der Waals surface area contributed by atoms with Crippen molar-refractivity contribution in [3.05, 3.63) is 113 Å². The normalized spacial score (nSPS) is 14.2. The summed E-state index contributed by atoms with van der Waals surface area (Å²) in [6.45, 7) is 8.62. The fraction of sp³-hybridized carbons (Fsp3) is 0.257. The van der Waals surface area contributed by atoms with E-state index in [1.165, 1.54) is 6.07 Å². The van der Waals surface area contributed by atoms with Crippen molar-refractivity contribution in [1.82, 2.24) is 24.9 Å². The molecular weight excluding hydrogens is 584 g/mol. The highest BCUT2D eigenvalue weighted by atomic mass is 16.6. The maximum absolute atomic E-state index is 13.4. The standard InChI is InChI=1S/C35H36N6O5/c1-35(2,26-10-6-4-7-11-26)37-33(43)29-22-28-30(46-29)31(38-41(28)34(44)45-27-12-8-5-9-13-27)36-32(42)25-16-14-24(15-17-25)23-40-20-18-39(3)19-21-40/h4-17,22H,18-21,23H2,1-3H3,(H,37,43)(H,36,38,42). The summed E-state index contributed by atoms with van der Waals surface area (Å²) >= 11 is 0. The van der Waals surface area contributed by atoms with Crippen LogP contribution in [0.2, 0.25) is 0 Å². The zero-order valence-corrected chi connectivity index (χ0v) is 26.0. The van der Waals surface area contributed by atoms with E-state index in [1.807, 2.05) is 56.3 Å². The summed E-state index contributed by atoms with van der Waals surface area (Å²) < 4.78 is 12.4. The van der Waals surface area contributed by atoms with Gasteiger partial charge in [-0.3, -0.25) is 14.5 Å². The monoisotopic (exact) mass is 620 g/mol. The molecule has 1 saturated heterocycles. The van der Waals surface area contributed by atoms with Crippen molar-refractivity contribution in [2.75, 3.05) is 38.5 Å². The minimum Gasteiger partial charge on any atom is -0.445 e. The number of aromatic nitrogens is 2. The van der Waals surface area contributed by atoms with E-state index in [2.05, 4.69) is 32.6 Å². The number of rotatable bonds is 8. The van der Waals surface area contributed by atoms with Gasteiger partial charge < -0.3 is 24.7 Å². The molecule has 1 aliphatic heterocycles. The number of piperazine rings is 1. The second-order valence-electron chi connectivity index (χ2n) is 11.9. The summed E-state index contributed by atoms with van der Waals surface area (Å²) in [5.41, 5.74) is 1.93. The van der Waals surface area contributed by atoms with Crippen LogP contribution in [0.25, 0.3) is 11.1 Å². The zero-order valence-electron chi connectivity index (χ0n) is 26.0. The summed E-state index contributed by atoms with van der Waals surface area (Å²) in [4.78, 5) is 44.6. The molecule has 236 valence electrons. The lowest BCUT2D eigenvalue weighted by Crippen LogP contribution is -2.43. The van der Waals surface area contributed by atoms with Crippen molar-refractivity contribution in [2.45, 2.75) is 25.9 Å². The SMILES string of the molecule is CN1CCN(Cc2ccc(C(=O)Nc3nn(C(=O)Oc4ccccc4)c4cc(C(=O)NC(C)(C)c5ccccc5)oc34)cc2)CC1. The minimum atomic E-state index is -0.831. The van der Waals surface area contributed by atoms with Crippen molar-refractivity contribution in [1.29, 1.82) is 0 Å². The molecule has 3 aromatic carbocycles. The lowest BCUT2D eigenvalue weighted by Gasteiger charge is -2.32. The van der Waals surface area contributed by atoms with Crippen molar-refractivity contribution < 1.29 is 23.5 Å². The molecule has 0 bridgehead atoms. The number of likely N-dealkylation sites (N-methyl/N-ethyl adjacent to an activating group) is 1. The number of hydrogen-bond donors (Lipinski definition) is 2. The summed E-state index contributed by atoms with van der Waals surface area (Å²) in [6.07, 6.45) is -0.831. The number of carbonyl (C=O) groups excluding carboxylic acids is 3. The second kappa shape index (κ2) is 13.0. The van der Waals surface area contributed by atoms with E-state index in [0.29, 0.717) is 11.3 Å². The van der Waals surface area contributed by atoms with Crippen LogP contribution in [0.4, 0.5) is 10.6 Å². The number of nitrogens with one attached hydrogen (secondary N) is 2. The Balaban J connectivity index is 1.24. The van der Waals surface area contributed by atoms with Crippen molar-refractivity contribution in [3.8, 4) is 5.75 Å². The van der Waals surface area contributed by atoms with Gasteiger partial charge in [-0.05, 0) is 56.3 Å².